The van der Waals surface area contributed by atoms with Gasteiger partial charge in [0.25, 0.3) is 0 Å². The molecule has 0 radical (unpaired) electrons. The van der Waals surface area contributed by atoms with Crippen molar-refractivity contribution >= 4 is 21.8 Å². The quantitative estimate of drug-likeness (QED) is 0.813. The van der Waals surface area contributed by atoms with Crippen molar-refractivity contribution in [3.05, 3.63) is 35.4 Å². The molecule has 1 atom stereocenters. The molecule has 0 aromatic heterocycles. The summed E-state index contributed by atoms with van der Waals surface area (Å²) in [4.78, 5) is 0. The molecule has 0 bridgehead atoms. The second kappa shape index (κ2) is 4.39. The predicted octanol–water partition coefficient (Wildman–Crippen LogP) is 2.00. The average molecular weight is 257 g/mol. The summed E-state index contributed by atoms with van der Waals surface area (Å²) in [6.07, 6.45) is 1.28. The van der Waals surface area contributed by atoms with Crippen molar-refractivity contribution in [1.82, 2.24) is 4.31 Å². The van der Waals surface area contributed by atoms with E-state index in [0.29, 0.717) is 6.54 Å². The van der Waals surface area contributed by atoms with Gasteiger partial charge in [0.1, 0.15) is 0 Å². The number of thioether (sulfide) groups is 1. The van der Waals surface area contributed by atoms with Crippen LogP contribution in [-0.2, 0) is 10.0 Å². The lowest BCUT2D eigenvalue weighted by Gasteiger charge is -2.21. The fourth-order valence-electron chi connectivity index (χ4n) is 1.79. The number of sulfonamides is 1. The molecule has 1 aliphatic rings. The lowest BCUT2D eigenvalue weighted by atomic mass is 10.1. The molecule has 1 aliphatic heterocycles. The SMILES string of the molecule is Cc1ccc([C@@H]2SCCN2S(C)(=O)=O)cc1. The maximum absolute atomic E-state index is 11.6. The average Bonchev–Trinajstić information content (AvgIpc) is 2.66. The molecule has 5 heteroatoms. The number of nitrogens with zero attached hydrogens (tertiary/aromatic N) is 1. The maximum atomic E-state index is 11.6. The van der Waals surface area contributed by atoms with E-state index in [1.165, 1.54) is 11.8 Å². The lowest BCUT2D eigenvalue weighted by molar-refractivity contribution is 0.439. The lowest BCUT2D eigenvalue weighted by Crippen LogP contribution is -2.29. The molecule has 1 heterocycles. The molecule has 0 aliphatic carbocycles. The second-order valence-corrected chi connectivity index (χ2v) is 7.13. The first kappa shape index (κ1) is 12.0. The molecule has 1 fully saturated rings. The molecule has 16 heavy (non-hydrogen) atoms. The van der Waals surface area contributed by atoms with Crippen molar-refractivity contribution in [3.63, 3.8) is 0 Å². The van der Waals surface area contributed by atoms with Crippen molar-refractivity contribution in [2.24, 2.45) is 0 Å². The van der Waals surface area contributed by atoms with E-state index < -0.39 is 10.0 Å². The second-order valence-electron chi connectivity index (χ2n) is 4.01. The van der Waals surface area contributed by atoms with Gasteiger partial charge in [0.05, 0.1) is 11.6 Å². The Morgan fingerprint density at radius 3 is 2.50 bits per heavy atom. The first-order chi connectivity index (χ1) is 7.48. The number of benzene rings is 1. The Labute approximate surface area is 101 Å². The first-order valence-electron chi connectivity index (χ1n) is 5.13. The molecule has 1 aromatic rings. The fraction of sp³-hybridized carbons (Fsp3) is 0.455. The zero-order valence-electron chi connectivity index (χ0n) is 9.38. The predicted molar refractivity (Wildman–Crippen MR) is 67.9 cm³/mol. The van der Waals surface area contributed by atoms with Gasteiger partial charge in [0.15, 0.2) is 0 Å². The zero-order chi connectivity index (χ0) is 11.8. The fourth-order valence-corrected chi connectivity index (χ4v) is 4.59. The Bertz CT molecular complexity index is 467. The molecule has 0 spiro atoms. The third-order valence-electron chi connectivity index (χ3n) is 2.64. The molecule has 1 aromatic carbocycles. The topological polar surface area (TPSA) is 37.4 Å². The van der Waals surface area contributed by atoms with Crippen LogP contribution in [0.1, 0.15) is 16.5 Å². The van der Waals surface area contributed by atoms with E-state index in [1.54, 1.807) is 16.1 Å². The summed E-state index contributed by atoms with van der Waals surface area (Å²) >= 11 is 1.68. The summed E-state index contributed by atoms with van der Waals surface area (Å²) in [6.45, 7) is 2.64. The van der Waals surface area contributed by atoms with Crippen LogP contribution in [0.5, 0.6) is 0 Å². The van der Waals surface area contributed by atoms with Crippen molar-refractivity contribution in [2.45, 2.75) is 12.3 Å². The number of hydrogen-bond donors (Lipinski definition) is 0. The molecule has 3 nitrogen and oxygen atoms in total. The molecule has 2 rings (SSSR count). The highest BCUT2D eigenvalue weighted by Crippen LogP contribution is 2.39. The van der Waals surface area contributed by atoms with E-state index in [9.17, 15) is 8.42 Å². The summed E-state index contributed by atoms with van der Waals surface area (Å²) in [7, 11) is -3.10. The minimum absolute atomic E-state index is 0.0457. The van der Waals surface area contributed by atoms with E-state index >= 15 is 0 Å². The highest BCUT2D eigenvalue weighted by Gasteiger charge is 2.32. The van der Waals surface area contributed by atoms with E-state index in [-0.39, 0.29) is 5.37 Å². The summed E-state index contributed by atoms with van der Waals surface area (Å²) < 4.78 is 24.8. The van der Waals surface area contributed by atoms with E-state index in [0.717, 1.165) is 11.3 Å². The Hall–Kier alpha value is -0.520. The Morgan fingerprint density at radius 1 is 1.31 bits per heavy atom. The smallest absolute Gasteiger partial charge is 0.212 e. The van der Waals surface area contributed by atoms with Gasteiger partial charge >= 0.3 is 0 Å². The van der Waals surface area contributed by atoms with Crippen LogP contribution in [0.15, 0.2) is 24.3 Å². The molecule has 88 valence electrons. The number of aryl methyl sites for hydroxylation is 1. The van der Waals surface area contributed by atoms with Gasteiger partial charge in [-0.05, 0) is 12.5 Å². The third kappa shape index (κ3) is 2.42. The minimum Gasteiger partial charge on any atom is -0.212 e. The van der Waals surface area contributed by atoms with Crippen LogP contribution < -0.4 is 0 Å². The van der Waals surface area contributed by atoms with Gasteiger partial charge in [0, 0.05) is 12.3 Å². The zero-order valence-corrected chi connectivity index (χ0v) is 11.0. The molecular formula is C11H15NO2S2. The Balaban J connectivity index is 2.30. The molecule has 0 N–H and O–H groups in total. The monoisotopic (exact) mass is 257 g/mol. The minimum atomic E-state index is -3.10. The molecule has 0 amide bonds. The summed E-state index contributed by atoms with van der Waals surface area (Å²) in [5, 5.41) is -0.0457. The summed E-state index contributed by atoms with van der Waals surface area (Å²) in [5.41, 5.74) is 2.26. The van der Waals surface area contributed by atoms with Crippen molar-refractivity contribution in [1.29, 1.82) is 0 Å². The highest BCUT2D eigenvalue weighted by molar-refractivity contribution is 8.00. The Morgan fingerprint density at radius 2 is 1.94 bits per heavy atom. The summed E-state index contributed by atoms with van der Waals surface area (Å²) in [5.74, 6) is 0.867. The van der Waals surface area contributed by atoms with E-state index in [4.69, 9.17) is 0 Å². The van der Waals surface area contributed by atoms with Crippen LogP contribution in [0.2, 0.25) is 0 Å². The van der Waals surface area contributed by atoms with Crippen LogP contribution in [0.4, 0.5) is 0 Å². The molecule has 0 unspecified atom stereocenters. The highest BCUT2D eigenvalue weighted by atomic mass is 32.2. The summed E-state index contributed by atoms with van der Waals surface area (Å²) in [6, 6.07) is 8.07. The van der Waals surface area contributed by atoms with Gasteiger partial charge in [-0.25, -0.2) is 8.42 Å². The van der Waals surface area contributed by atoms with E-state index in [1.807, 2.05) is 31.2 Å². The largest absolute Gasteiger partial charge is 0.212 e. The molecule has 1 saturated heterocycles. The van der Waals surface area contributed by atoms with Crippen molar-refractivity contribution < 1.29 is 8.42 Å². The van der Waals surface area contributed by atoms with Gasteiger partial charge < -0.3 is 0 Å². The van der Waals surface area contributed by atoms with Gasteiger partial charge in [-0.1, -0.05) is 29.8 Å². The molecule has 0 saturated carbocycles. The van der Waals surface area contributed by atoms with Gasteiger partial charge in [0.2, 0.25) is 10.0 Å². The van der Waals surface area contributed by atoms with Gasteiger partial charge in [-0.2, -0.15) is 4.31 Å². The number of hydrogen-bond acceptors (Lipinski definition) is 3. The van der Waals surface area contributed by atoms with Crippen molar-refractivity contribution in [3.8, 4) is 0 Å². The van der Waals surface area contributed by atoms with Gasteiger partial charge in [-0.3, -0.25) is 0 Å². The third-order valence-corrected chi connectivity index (χ3v) is 5.28. The standard InChI is InChI=1S/C11H15NO2S2/c1-9-3-5-10(6-4-9)11-12(7-8-15-11)16(2,13)14/h3-6,11H,7-8H2,1-2H3/t11-/m0/s1. The van der Waals surface area contributed by atoms with Gasteiger partial charge in [-0.15, -0.1) is 11.8 Å². The molecular weight excluding hydrogens is 242 g/mol. The van der Waals surface area contributed by atoms with Crippen molar-refractivity contribution in [2.75, 3.05) is 18.6 Å². The van der Waals surface area contributed by atoms with Crippen LogP contribution in [-0.4, -0.2) is 31.3 Å². The van der Waals surface area contributed by atoms with Crippen LogP contribution >= 0.6 is 11.8 Å². The van der Waals surface area contributed by atoms with Crippen LogP contribution in [0.25, 0.3) is 0 Å². The van der Waals surface area contributed by atoms with Crippen LogP contribution in [0.3, 0.4) is 0 Å². The normalized spacial score (nSPS) is 22.5. The maximum Gasteiger partial charge on any atom is 0.212 e. The van der Waals surface area contributed by atoms with Crippen LogP contribution in [0, 0.1) is 6.92 Å². The van der Waals surface area contributed by atoms with E-state index in [2.05, 4.69) is 0 Å². The number of rotatable bonds is 2. The Kier molecular flexibility index (Phi) is 3.28. The first-order valence-corrected chi connectivity index (χ1v) is 8.03.